The lowest BCUT2D eigenvalue weighted by molar-refractivity contribution is 0.0922. The molecule has 1 aromatic rings. The Balaban J connectivity index is 2.23. The van der Waals surface area contributed by atoms with E-state index >= 15 is 0 Å². The van der Waals surface area contributed by atoms with Gasteiger partial charge in [-0.2, -0.15) is 0 Å². The second-order valence-electron chi connectivity index (χ2n) is 5.90. The molecule has 1 saturated carbocycles. The maximum absolute atomic E-state index is 5.79. The number of hydrogen-bond acceptors (Lipinski definition) is 2. The Labute approximate surface area is 123 Å². The third-order valence-electron chi connectivity index (χ3n) is 4.64. The first kappa shape index (κ1) is 15.5. The molecule has 0 amide bonds. The van der Waals surface area contributed by atoms with Crippen LogP contribution in [0, 0.1) is 0 Å². The molecule has 0 saturated heterocycles. The van der Waals surface area contributed by atoms with Gasteiger partial charge in [-0.15, -0.1) is 0 Å². The van der Waals surface area contributed by atoms with Gasteiger partial charge in [-0.25, -0.2) is 0 Å². The lowest BCUT2D eigenvalue weighted by Crippen LogP contribution is -2.50. The smallest absolute Gasteiger partial charge is 0.0628 e. The van der Waals surface area contributed by atoms with E-state index in [1.54, 1.807) is 0 Å². The van der Waals surface area contributed by atoms with E-state index in [4.69, 9.17) is 4.74 Å². The van der Waals surface area contributed by atoms with Crippen LogP contribution in [0.5, 0.6) is 0 Å². The minimum Gasteiger partial charge on any atom is -0.380 e. The van der Waals surface area contributed by atoms with Crippen LogP contribution in [-0.4, -0.2) is 25.8 Å². The molecule has 20 heavy (non-hydrogen) atoms. The van der Waals surface area contributed by atoms with Crippen molar-refractivity contribution >= 4 is 0 Å². The van der Waals surface area contributed by atoms with Crippen molar-refractivity contribution in [1.82, 2.24) is 5.32 Å². The SMILES string of the molecule is CCCNC(COCC)C1(c2ccccc2)CCCC1. The predicted octanol–water partition coefficient (Wildman–Crippen LogP) is 3.90. The zero-order chi connectivity index (χ0) is 14.3. The number of benzene rings is 1. The van der Waals surface area contributed by atoms with Crippen molar-refractivity contribution in [1.29, 1.82) is 0 Å². The van der Waals surface area contributed by atoms with Crippen LogP contribution >= 0.6 is 0 Å². The summed E-state index contributed by atoms with van der Waals surface area (Å²) < 4.78 is 5.79. The van der Waals surface area contributed by atoms with Gasteiger partial charge in [0.1, 0.15) is 0 Å². The van der Waals surface area contributed by atoms with E-state index in [2.05, 4.69) is 49.5 Å². The van der Waals surface area contributed by atoms with Gasteiger partial charge in [0.15, 0.2) is 0 Å². The Morgan fingerprint density at radius 2 is 1.85 bits per heavy atom. The lowest BCUT2D eigenvalue weighted by atomic mass is 9.73. The summed E-state index contributed by atoms with van der Waals surface area (Å²) in [5, 5.41) is 3.76. The van der Waals surface area contributed by atoms with Crippen LogP contribution in [0.2, 0.25) is 0 Å². The largest absolute Gasteiger partial charge is 0.380 e. The fourth-order valence-electron chi connectivity index (χ4n) is 3.58. The van der Waals surface area contributed by atoms with Gasteiger partial charge in [0.2, 0.25) is 0 Å². The molecular formula is C18H29NO. The maximum atomic E-state index is 5.79. The number of ether oxygens (including phenoxy) is 1. The molecule has 0 heterocycles. The van der Waals surface area contributed by atoms with Gasteiger partial charge in [-0.05, 0) is 38.3 Å². The average Bonchev–Trinajstić information content (AvgIpc) is 2.99. The van der Waals surface area contributed by atoms with E-state index in [-0.39, 0.29) is 5.41 Å². The second-order valence-corrected chi connectivity index (χ2v) is 5.90. The summed E-state index contributed by atoms with van der Waals surface area (Å²) >= 11 is 0. The highest BCUT2D eigenvalue weighted by Gasteiger charge is 2.42. The summed E-state index contributed by atoms with van der Waals surface area (Å²) in [7, 11) is 0. The molecule has 2 nitrogen and oxygen atoms in total. The van der Waals surface area contributed by atoms with E-state index in [0.717, 1.165) is 19.8 Å². The van der Waals surface area contributed by atoms with Crippen molar-refractivity contribution in [2.75, 3.05) is 19.8 Å². The van der Waals surface area contributed by atoms with Crippen molar-refractivity contribution in [3.05, 3.63) is 35.9 Å². The van der Waals surface area contributed by atoms with Crippen LogP contribution in [0.1, 0.15) is 51.5 Å². The maximum Gasteiger partial charge on any atom is 0.0628 e. The number of nitrogens with one attached hydrogen (secondary N) is 1. The Bertz CT molecular complexity index is 362. The lowest BCUT2D eigenvalue weighted by Gasteiger charge is -2.39. The molecule has 0 radical (unpaired) electrons. The van der Waals surface area contributed by atoms with Crippen LogP contribution in [-0.2, 0) is 10.2 Å². The summed E-state index contributed by atoms with van der Waals surface area (Å²) in [5.41, 5.74) is 1.76. The molecule has 1 aromatic carbocycles. The van der Waals surface area contributed by atoms with Crippen molar-refractivity contribution in [3.8, 4) is 0 Å². The average molecular weight is 275 g/mol. The summed E-state index contributed by atoms with van der Waals surface area (Å²) in [4.78, 5) is 0. The summed E-state index contributed by atoms with van der Waals surface area (Å²) in [6.07, 6.45) is 6.42. The highest BCUT2D eigenvalue weighted by Crippen LogP contribution is 2.43. The van der Waals surface area contributed by atoms with Gasteiger partial charge in [0, 0.05) is 18.1 Å². The van der Waals surface area contributed by atoms with Crippen LogP contribution in [0.4, 0.5) is 0 Å². The van der Waals surface area contributed by atoms with Gasteiger partial charge in [-0.3, -0.25) is 0 Å². The molecule has 2 heteroatoms. The zero-order valence-electron chi connectivity index (χ0n) is 13.0. The molecule has 0 bridgehead atoms. The topological polar surface area (TPSA) is 21.3 Å². The number of rotatable bonds is 8. The quantitative estimate of drug-likeness (QED) is 0.777. The molecule has 1 N–H and O–H groups in total. The number of hydrogen-bond donors (Lipinski definition) is 1. The molecule has 112 valence electrons. The predicted molar refractivity (Wildman–Crippen MR) is 85.2 cm³/mol. The minimum absolute atomic E-state index is 0.269. The fourth-order valence-corrected chi connectivity index (χ4v) is 3.58. The van der Waals surface area contributed by atoms with Crippen molar-refractivity contribution in [2.24, 2.45) is 0 Å². The van der Waals surface area contributed by atoms with Gasteiger partial charge in [0.25, 0.3) is 0 Å². The Morgan fingerprint density at radius 3 is 2.45 bits per heavy atom. The normalized spacial score (nSPS) is 19.1. The van der Waals surface area contributed by atoms with E-state index in [1.165, 1.54) is 37.7 Å². The second kappa shape index (κ2) is 7.80. The molecule has 0 aliphatic heterocycles. The van der Waals surface area contributed by atoms with Gasteiger partial charge >= 0.3 is 0 Å². The third kappa shape index (κ3) is 3.42. The van der Waals surface area contributed by atoms with Crippen molar-refractivity contribution in [3.63, 3.8) is 0 Å². The van der Waals surface area contributed by atoms with E-state index in [9.17, 15) is 0 Å². The third-order valence-corrected chi connectivity index (χ3v) is 4.64. The molecule has 2 rings (SSSR count). The Kier molecular flexibility index (Phi) is 6.06. The van der Waals surface area contributed by atoms with E-state index < -0.39 is 0 Å². The first-order valence-corrected chi connectivity index (χ1v) is 8.20. The summed E-state index contributed by atoms with van der Waals surface area (Å²) in [5.74, 6) is 0. The molecule has 1 unspecified atom stereocenters. The van der Waals surface area contributed by atoms with E-state index in [1.807, 2.05) is 0 Å². The zero-order valence-corrected chi connectivity index (χ0v) is 13.0. The molecule has 0 spiro atoms. The fraction of sp³-hybridized carbons (Fsp3) is 0.667. The monoisotopic (exact) mass is 275 g/mol. The molecule has 0 aromatic heterocycles. The van der Waals surface area contributed by atoms with Crippen molar-refractivity contribution < 1.29 is 4.74 Å². The first-order valence-electron chi connectivity index (χ1n) is 8.20. The van der Waals surface area contributed by atoms with Crippen LogP contribution < -0.4 is 5.32 Å². The van der Waals surface area contributed by atoms with Gasteiger partial charge in [-0.1, -0.05) is 50.1 Å². The molecule has 1 atom stereocenters. The van der Waals surface area contributed by atoms with Gasteiger partial charge < -0.3 is 10.1 Å². The van der Waals surface area contributed by atoms with Crippen LogP contribution in [0.3, 0.4) is 0 Å². The first-order chi connectivity index (χ1) is 9.83. The van der Waals surface area contributed by atoms with E-state index in [0.29, 0.717) is 6.04 Å². The highest BCUT2D eigenvalue weighted by atomic mass is 16.5. The van der Waals surface area contributed by atoms with Crippen molar-refractivity contribution in [2.45, 2.75) is 57.4 Å². The molecule has 1 aliphatic carbocycles. The Hall–Kier alpha value is -0.860. The summed E-state index contributed by atoms with van der Waals surface area (Å²) in [6, 6.07) is 11.5. The molecule has 1 aliphatic rings. The van der Waals surface area contributed by atoms with Gasteiger partial charge in [0.05, 0.1) is 6.61 Å². The molecule has 1 fully saturated rings. The van der Waals surface area contributed by atoms with Crippen LogP contribution in [0.15, 0.2) is 30.3 Å². The Morgan fingerprint density at radius 1 is 1.15 bits per heavy atom. The van der Waals surface area contributed by atoms with Crippen LogP contribution in [0.25, 0.3) is 0 Å². The highest BCUT2D eigenvalue weighted by molar-refractivity contribution is 5.29. The minimum atomic E-state index is 0.269. The summed E-state index contributed by atoms with van der Waals surface area (Å²) in [6.45, 7) is 7.02. The molecular weight excluding hydrogens is 246 g/mol. The standard InChI is InChI=1S/C18H29NO/c1-3-14-19-17(15-20-4-2)18(12-8-9-13-18)16-10-6-5-7-11-16/h5-7,10-11,17,19H,3-4,8-9,12-15H2,1-2H3.